The molecule has 0 spiro atoms. The van der Waals surface area contributed by atoms with Gasteiger partial charge in [0.15, 0.2) is 5.11 Å². The van der Waals surface area contributed by atoms with E-state index in [-0.39, 0.29) is 0 Å². The van der Waals surface area contributed by atoms with Crippen molar-refractivity contribution in [2.75, 3.05) is 31.5 Å². The van der Waals surface area contributed by atoms with Crippen LogP contribution in [0.15, 0.2) is 24.3 Å². The number of amides is 1. The number of thiocarbonyl (C=S) groups is 1. The Bertz CT molecular complexity index is 548. The minimum absolute atomic E-state index is 0.314. The number of carbonyl (C=O) groups is 1. The smallest absolute Gasteiger partial charge is 0.225 e. The highest BCUT2D eigenvalue weighted by Gasteiger charge is 2.34. The van der Waals surface area contributed by atoms with Crippen LogP contribution < -0.4 is 5.32 Å². The van der Waals surface area contributed by atoms with Crippen LogP contribution in [-0.4, -0.2) is 47.0 Å². The Hall–Kier alpha value is -1.62. The average molecular weight is 303 g/mol. The quantitative estimate of drug-likeness (QED) is 0.850. The van der Waals surface area contributed by atoms with Gasteiger partial charge in [-0.1, -0.05) is 18.2 Å². The van der Waals surface area contributed by atoms with Crippen LogP contribution in [0.4, 0.5) is 5.69 Å². The second kappa shape index (κ2) is 6.02. The first kappa shape index (κ1) is 14.3. The first-order chi connectivity index (χ1) is 10.1. The van der Waals surface area contributed by atoms with E-state index in [9.17, 15) is 4.79 Å². The largest absolute Gasteiger partial charge is 0.345 e. The molecule has 112 valence electrons. The van der Waals surface area contributed by atoms with Crippen LogP contribution in [0.25, 0.3) is 0 Å². The summed E-state index contributed by atoms with van der Waals surface area (Å²) in [7, 11) is 0. The molecule has 1 aromatic carbocycles. The molecule has 3 rings (SSSR count). The van der Waals surface area contributed by atoms with Crippen molar-refractivity contribution in [1.82, 2.24) is 9.80 Å². The molecular formula is C16H21N3OS. The summed E-state index contributed by atoms with van der Waals surface area (Å²) in [5, 5.41) is 4.07. The maximum absolute atomic E-state index is 12.0. The highest BCUT2D eigenvalue weighted by molar-refractivity contribution is 7.80. The predicted octanol–water partition coefficient (Wildman–Crippen LogP) is 2.25. The van der Waals surface area contributed by atoms with Crippen LogP contribution in [0.2, 0.25) is 0 Å². The summed E-state index contributed by atoms with van der Waals surface area (Å²) in [6, 6.07) is 8.13. The lowest BCUT2D eigenvalue weighted by molar-refractivity contribution is -0.133. The Labute approximate surface area is 131 Å². The van der Waals surface area contributed by atoms with Crippen molar-refractivity contribution >= 4 is 28.9 Å². The molecular weight excluding hydrogens is 282 g/mol. The Kier molecular flexibility index (Phi) is 4.10. The molecule has 0 unspecified atom stereocenters. The third-order valence-corrected chi connectivity index (χ3v) is 4.55. The lowest BCUT2D eigenvalue weighted by Crippen LogP contribution is -2.52. The van der Waals surface area contributed by atoms with Gasteiger partial charge in [-0.2, -0.15) is 0 Å². The number of nitrogens with one attached hydrogen (secondary N) is 1. The average Bonchev–Trinajstić information content (AvgIpc) is 3.34. The fraction of sp³-hybridized carbons (Fsp3) is 0.500. The number of para-hydroxylation sites is 1. The lowest BCUT2D eigenvalue weighted by atomic mass is 10.2. The van der Waals surface area contributed by atoms with Crippen LogP contribution in [0.3, 0.4) is 0 Å². The molecule has 2 fully saturated rings. The van der Waals surface area contributed by atoms with Crippen LogP contribution in [-0.2, 0) is 4.79 Å². The zero-order valence-corrected chi connectivity index (χ0v) is 13.2. The van der Waals surface area contributed by atoms with E-state index < -0.39 is 0 Å². The SMILES string of the molecule is Cc1ccccc1NC(=S)N1CCN(C(=O)C2CC2)CC1. The summed E-state index contributed by atoms with van der Waals surface area (Å²) < 4.78 is 0. The van der Waals surface area contributed by atoms with Crippen molar-refractivity contribution in [3.8, 4) is 0 Å². The molecule has 1 aliphatic heterocycles. The van der Waals surface area contributed by atoms with Crippen molar-refractivity contribution in [1.29, 1.82) is 0 Å². The topological polar surface area (TPSA) is 35.6 Å². The number of nitrogens with zero attached hydrogens (tertiary/aromatic N) is 2. The number of anilines is 1. The Balaban J connectivity index is 1.53. The minimum atomic E-state index is 0.314. The van der Waals surface area contributed by atoms with Gasteiger partial charge in [-0.3, -0.25) is 4.79 Å². The van der Waals surface area contributed by atoms with E-state index in [1.54, 1.807) is 0 Å². The van der Waals surface area contributed by atoms with Crippen LogP contribution in [0.5, 0.6) is 0 Å². The third-order valence-electron chi connectivity index (χ3n) is 4.19. The van der Waals surface area contributed by atoms with Gasteiger partial charge in [0.05, 0.1) is 0 Å². The van der Waals surface area contributed by atoms with Crippen LogP contribution in [0, 0.1) is 12.8 Å². The molecule has 0 aromatic heterocycles. The molecule has 1 saturated carbocycles. The number of piperazine rings is 1. The minimum Gasteiger partial charge on any atom is -0.345 e. The molecule has 1 amide bonds. The number of aryl methyl sites for hydroxylation is 1. The third kappa shape index (κ3) is 3.35. The number of rotatable bonds is 2. The van der Waals surface area contributed by atoms with Crippen molar-refractivity contribution in [3.63, 3.8) is 0 Å². The second-order valence-electron chi connectivity index (χ2n) is 5.83. The summed E-state index contributed by atoms with van der Waals surface area (Å²) >= 11 is 5.50. The normalized spacial score (nSPS) is 18.5. The van der Waals surface area contributed by atoms with E-state index >= 15 is 0 Å². The van der Waals surface area contributed by atoms with Gasteiger partial charge in [0.1, 0.15) is 0 Å². The molecule has 0 atom stereocenters. The first-order valence-corrected chi connectivity index (χ1v) is 7.96. The fourth-order valence-electron chi connectivity index (χ4n) is 2.63. The van der Waals surface area contributed by atoms with E-state index in [4.69, 9.17) is 12.2 Å². The molecule has 1 aliphatic carbocycles. The van der Waals surface area contributed by atoms with E-state index in [0.717, 1.165) is 49.8 Å². The van der Waals surface area contributed by atoms with Gasteiger partial charge in [-0.25, -0.2) is 0 Å². The van der Waals surface area contributed by atoms with E-state index in [0.29, 0.717) is 11.8 Å². The predicted molar refractivity (Wildman–Crippen MR) is 88.3 cm³/mol. The monoisotopic (exact) mass is 303 g/mol. The van der Waals surface area contributed by atoms with Crippen molar-refractivity contribution < 1.29 is 4.79 Å². The maximum atomic E-state index is 12.0. The second-order valence-corrected chi connectivity index (χ2v) is 6.22. The van der Waals surface area contributed by atoms with E-state index in [1.165, 1.54) is 5.56 Å². The van der Waals surface area contributed by atoms with Gasteiger partial charge in [0.25, 0.3) is 0 Å². The summed E-state index contributed by atoms with van der Waals surface area (Å²) in [5.41, 5.74) is 2.24. The van der Waals surface area contributed by atoms with Gasteiger partial charge < -0.3 is 15.1 Å². The Morgan fingerprint density at radius 3 is 2.38 bits per heavy atom. The summed E-state index contributed by atoms with van der Waals surface area (Å²) in [6.45, 7) is 5.26. The van der Waals surface area contributed by atoms with Gasteiger partial charge in [0.2, 0.25) is 5.91 Å². The van der Waals surface area contributed by atoms with E-state index in [1.807, 2.05) is 23.1 Å². The highest BCUT2D eigenvalue weighted by Crippen LogP contribution is 2.31. The molecule has 21 heavy (non-hydrogen) atoms. The molecule has 2 aliphatic rings. The number of hydrogen-bond donors (Lipinski definition) is 1. The number of carbonyl (C=O) groups excluding carboxylic acids is 1. The van der Waals surface area contributed by atoms with Gasteiger partial charge in [-0.15, -0.1) is 0 Å². The molecule has 0 radical (unpaired) electrons. The highest BCUT2D eigenvalue weighted by atomic mass is 32.1. The summed E-state index contributed by atoms with van der Waals surface area (Å²) in [6.07, 6.45) is 2.15. The lowest BCUT2D eigenvalue weighted by Gasteiger charge is -2.36. The summed E-state index contributed by atoms with van der Waals surface area (Å²) in [4.78, 5) is 16.2. The van der Waals surface area contributed by atoms with Gasteiger partial charge >= 0.3 is 0 Å². The molecule has 1 aromatic rings. The molecule has 1 heterocycles. The zero-order chi connectivity index (χ0) is 14.8. The fourth-order valence-corrected chi connectivity index (χ4v) is 2.92. The molecule has 1 N–H and O–H groups in total. The zero-order valence-electron chi connectivity index (χ0n) is 12.3. The summed E-state index contributed by atoms with van der Waals surface area (Å²) in [5.74, 6) is 0.654. The van der Waals surface area contributed by atoms with Crippen LogP contribution in [0.1, 0.15) is 18.4 Å². The van der Waals surface area contributed by atoms with Crippen molar-refractivity contribution in [3.05, 3.63) is 29.8 Å². The van der Waals surface area contributed by atoms with Gasteiger partial charge in [0, 0.05) is 37.8 Å². The van der Waals surface area contributed by atoms with E-state index in [2.05, 4.69) is 23.2 Å². The number of benzene rings is 1. The van der Waals surface area contributed by atoms with Crippen LogP contribution >= 0.6 is 12.2 Å². The Morgan fingerprint density at radius 1 is 1.14 bits per heavy atom. The van der Waals surface area contributed by atoms with Crippen molar-refractivity contribution in [2.24, 2.45) is 5.92 Å². The molecule has 4 nitrogen and oxygen atoms in total. The molecule has 1 saturated heterocycles. The maximum Gasteiger partial charge on any atom is 0.225 e. The van der Waals surface area contributed by atoms with Gasteiger partial charge in [-0.05, 0) is 43.6 Å². The Morgan fingerprint density at radius 2 is 1.76 bits per heavy atom. The molecule has 5 heteroatoms. The van der Waals surface area contributed by atoms with Crippen molar-refractivity contribution in [2.45, 2.75) is 19.8 Å². The standard InChI is InChI=1S/C16H21N3OS/c1-12-4-2-3-5-14(12)17-16(21)19-10-8-18(9-11-19)15(20)13-6-7-13/h2-5,13H,6-11H2,1H3,(H,17,21). The molecule has 0 bridgehead atoms. The first-order valence-electron chi connectivity index (χ1n) is 7.55. The number of hydrogen-bond acceptors (Lipinski definition) is 2.